The minimum atomic E-state index is -0.0461. The summed E-state index contributed by atoms with van der Waals surface area (Å²) in [5, 5.41) is 4.59. The summed E-state index contributed by atoms with van der Waals surface area (Å²) in [7, 11) is 3.97. The molecule has 2 aromatic rings. The van der Waals surface area contributed by atoms with Gasteiger partial charge in [0.1, 0.15) is 0 Å². The van der Waals surface area contributed by atoms with Crippen LogP contribution in [0.5, 0.6) is 0 Å². The number of fused-ring (bicyclic) bond motifs is 2. The van der Waals surface area contributed by atoms with E-state index in [2.05, 4.69) is 43.0 Å². The summed E-state index contributed by atoms with van der Waals surface area (Å²) >= 11 is 0. The molecule has 0 radical (unpaired) electrons. The molecule has 0 saturated heterocycles. The largest absolute Gasteiger partial charge is 0.371 e. The van der Waals surface area contributed by atoms with Crippen LogP contribution in [0.1, 0.15) is 47.3 Å². The second-order valence-electron chi connectivity index (χ2n) is 7.50. The van der Waals surface area contributed by atoms with Crippen molar-refractivity contribution < 1.29 is 9.53 Å². The van der Waals surface area contributed by atoms with Gasteiger partial charge in [0.05, 0.1) is 29.3 Å². The number of nitrogens with zero attached hydrogens (tertiary/aromatic N) is 4. The van der Waals surface area contributed by atoms with Gasteiger partial charge in [-0.2, -0.15) is 5.10 Å². The first kappa shape index (κ1) is 17.1. The summed E-state index contributed by atoms with van der Waals surface area (Å²) in [5.41, 5.74) is 5.88. The molecule has 2 atom stereocenters. The lowest BCUT2D eigenvalue weighted by Crippen LogP contribution is -2.43. The second-order valence-corrected chi connectivity index (χ2v) is 7.50. The minimum absolute atomic E-state index is 0.0126. The van der Waals surface area contributed by atoms with E-state index in [0.29, 0.717) is 12.2 Å². The number of aryl methyl sites for hydroxylation is 2. The summed E-state index contributed by atoms with van der Waals surface area (Å²) in [6.45, 7) is 7.63. The van der Waals surface area contributed by atoms with Gasteiger partial charge in [-0.05, 0) is 38.5 Å². The molecule has 6 nitrogen and oxygen atoms in total. The SMILES string of the molecule is Cc1ccc2c(c1)N(C)CCN2C(=O)c1nn(C)c2c1C[C@@H](C)O[C@H]2C. The van der Waals surface area contributed by atoms with E-state index < -0.39 is 0 Å². The second kappa shape index (κ2) is 6.13. The summed E-state index contributed by atoms with van der Waals surface area (Å²) in [5.74, 6) is -0.0126. The van der Waals surface area contributed by atoms with E-state index in [9.17, 15) is 4.79 Å². The Morgan fingerprint density at radius 3 is 2.73 bits per heavy atom. The highest BCUT2D eigenvalue weighted by Gasteiger charge is 2.35. The van der Waals surface area contributed by atoms with Gasteiger partial charge in [0, 0.05) is 39.2 Å². The van der Waals surface area contributed by atoms with Crippen LogP contribution in [0.2, 0.25) is 0 Å². The molecule has 3 heterocycles. The molecule has 0 saturated carbocycles. The van der Waals surface area contributed by atoms with E-state index in [0.717, 1.165) is 35.6 Å². The third-order valence-corrected chi connectivity index (χ3v) is 5.45. The van der Waals surface area contributed by atoms with Crippen LogP contribution >= 0.6 is 0 Å². The first-order valence-corrected chi connectivity index (χ1v) is 9.21. The molecule has 6 heteroatoms. The number of benzene rings is 1. The van der Waals surface area contributed by atoms with Gasteiger partial charge in [-0.1, -0.05) is 6.07 Å². The van der Waals surface area contributed by atoms with E-state index in [-0.39, 0.29) is 18.1 Å². The van der Waals surface area contributed by atoms with Crippen LogP contribution in [0.3, 0.4) is 0 Å². The van der Waals surface area contributed by atoms with Gasteiger partial charge in [0.25, 0.3) is 5.91 Å². The molecule has 1 amide bonds. The molecule has 1 aromatic heterocycles. The first-order chi connectivity index (χ1) is 12.4. The molecule has 2 aliphatic rings. The molecule has 0 bridgehead atoms. The molecule has 0 N–H and O–H groups in total. The maximum Gasteiger partial charge on any atom is 0.279 e. The number of ether oxygens (including phenoxy) is 1. The quantitative estimate of drug-likeness (QED) is 0.790. The maximum atomic E-state index is 13.4. The Morgan fingerprint density at radius 1 is 1.19 bits per heavy atom. The van der Waals surface area contributed by atoms with E-state index >= 15 is 0 Å². The number of carbonyl (C=O) groups excluding carboxylic acids is 1. The van der Waals surface area contributed by atoms with Crippen molar-refractivity contribution in [3.8, 4) is 0 Å². The van der Waals surface area contributed by atoms with E-state index in [1.807, 2.05) is 29.6 Å². The fourth-order valence-electron chi connectivity index (χ4n) is 4.21. The molecular formula is C20H26N4O2. The summed E-state index contributed by atoms with van der Waals surface area (Å²) in [6, 6.07) is 6.24. The standard InChI is InChI=1S/C20H26N4O2/c1-12-6-7-16-17(10-12)22(4)8-9-24(16)20(25)18-15-11-13(2)26-14(3)19(15)23(5)21-18/h6-7,10,13-14H,8-9,11H2,1-5H3/t13-,14+/m1/s1. The molecular weight excluding hydrogens is 328 g/mol. The highest BCUT2D eigenvalue weighted by atomic mass is 16.5. The van der Waals surface area contributed by atoms with Crippen LogP contribution in [-0.2, 0) is 18.2 Å². The normalized spacial score (nSPS) is 22.2. The lowest BCUT2D eigenvalue weighted by atomic mass is 9.98. The number of likely N-dealkylation sites (N-methyl/N-ethyl adjacent to an activating group) is 1. The fraction of sp³-hybridized carbons (Fsp3) is 0.500. The van der Waals surface area contributed by atoms with Crippen LogP contribution in [-0.4, -0.2) is 41.9 Å². The van der Waals surface area contributed by atoms with Crippen molar-refractivity contribution in [3.05, 3.63) is 40.7 Å². The number of hydrogen-bond donors (Lipinski definition) is 0. The van der Waals surface area contributed by atoms with Crippen molar-refractivity contribution in [2.75, 3.05) is 29.9 Å². The van der Waals surface area contributed by atoms with Crippen molar-refractivity contribution in [1.29, 1.82) is 0 Å². The van der Waals surface area contributed by atoms with Crippen LogP contribution in [0.4, 0.5) is 11.4 Å². The topological polar surface area (TPSA) is 50.6 Å². The van der Waals surface area contributed by atoms with Crippen LogP contribution in [0.15, 0.2) is 18.2 Å². The predicted octanol–water partition coefficient (Wildman–Crippen LogP) is 2.85. The Hall–Kier alpha value is -2.34. The smallest absolute Gasteiger partial charge is 0.279 e. The van der Waals surface area contributed by atoms with Gasteiger partial charge in [0.15, 0.2) is 5.69 Å². The highest BCUT2D eigenvalue weighted by molar-refractivity contribution is 6.08. The lowest BCUT2D eigenvalue weighted by molar-refractivity contribution is -0.00902. The van der Waals surface area contributed by atoms with E-state index in [1.54, 1.807) is 0 Å². The Morgan fingerprint density at radius 2 is 1.96 bits per heavy atom. The van der Waals surface area contributed by atoms with Crippen molar-refractivity contribution in [3.63, 3.8) is 0 Å². The number of rotatable bonds is 1. The number of anilines is 2. The molecule has 26 heavy (non-hydrogen) atoms. The van der Waals surface area contributed by atoms with Gasteiger partial charge in [-0.25, -0.2) is 0 Å². The van der Waals surface area contributed by atoms with Gasteiger partial charge in [0.2, 0.25) is 0 Å². The Balaban J connectivity index is 1.77. The maximum absolute atomic E-state index is 13.4. The van der Waals surface area contributed by atoms with Crippen LogP contribution < -0.4 is 9.80 Å². The fourth-order valence-corrected chi connectivity index (χ4v) is 4.21. The number of carbonyl (C=O) groups is 1. The molecule has 0 unspecified atom stereocenters. The predicted molar refractivity (Wildman–Crippen MR) is 102 cm³/mol. The molecule has 138 valence electrons. The first-order valence-electron chi connectivity index (χ1n) is 9.21. The molecule has 1 aromatic carbocycles. The summed E-state index contributed by atoms with van der Waals surface area (Å²) < 4.78 is 7.73. The Bertz CT molecular complexity index is 873. The number of aromatic nitrogens is 2. The van der Waals surface area contributed by atoms with Crippen molar-refractivity contribution in [1.82, 2.24) is 9.78 Å². The molecule has 0 aliphatic carbocycles. The zero-order valence-electron chi connectivity index (χ0n) is 16.1. The van der Waals surface area contributed by atoms with E-state index in [1.165, 1.54) is 5.56 Å². The lowest BCUT2D eigenvalue weighted by Gasteiger charge is -2.36. The average Bonchev–Trinajstić information content (AvgIpc) is 2.92. The Kier molecular flexibility index (Phi) is 4.03. The molecule has 4 rings (SSSR count). The van der Waals surface area contributed by atoms with E-state index in [4.69, 9.17) is 4.74 Å². The van der Waals surface area contributed by atoms with Gasteiger partial charge < -0.3 is 14.5 Å². The van der Waals surface area contributed by atoms with Crippen LogP contribution in [0.25, 0.3) is 0 Å². The zero-order chi connectivity index (χ0) is 18.6. The van der Waals surface area contributed by atoms with Crippen molar-refractivity contribution >= 4 is 17.3 Å². The number of hydrogen-bond acceptors (Lipinski definition) is 4. The molecule has 2 aliphatic heterocycles. The summed E-state index contributed by atoms with van der Waals surface area (Å²) in [4.78, 5) is 17.5. The average molecular weight is 354 g/mol. The van der Waals surface area contributed by atoms with Gasteiger partial charge >= 0.3 is 0 Å². The molecule has 0 spiro atoms. The summed E-state index contributed by atoms with van der Waals surface area (Å²) in [6.07, 6.45) is 0.772. The highest BCUT2D eigenvalue weighted by Crippen LogP contribution is 2.36. The Labute approximate surface area is 154 Å². The van der Waals surface area contributed by atoms with Crippen LogP contribution in [0, 0.1) is 6.92 Å². The van der Waals surface area contributed by atoms with Gasteiger partial charge in [-0.3, -0.25) is 9.48 Å². The third kappa shape index (κ3) is 2.60. The monoisotopic (exact) mass is 354 g/mol. The van der Waals surface area contributed by atoms with Crippen molar-refractivity contribution in [2.45, 2.75) is 39.4 Å². The molecule has 0 fully saturated rings. The van der Waals surface area contributed by atoms with Crippen molar-refractivity contribution in [2.24, 2.45) is 7.05 Å². The number of amides is 1. The third-order valence-electron chi connectivity index (χ3n) is 5.45. The minimum Gasteiger partial charge on any atom is -0.371 e. The van der Waals surface area contributed by atoms with Gasteiger partial charge in [-0.15, -0.1) is 0 Å². The zero-order valence-corrected chi connectivity index (χ0v) is 16.1.